The van der Waals surface area contributed by atoms with E-state index in [1.807, 2.05) is 0 Å². The fourth-order valence-electron chi connectivity index (χ4n) is 1.31. The molecule has 0 radical (unpaired) electrons. The van der Waals surface area contributed by atoms with Gasteiger partial charge in [-0.2, -0.15) is 5.12 Å². The zero-order valence-electron chi connectivity index (χ0n) is 7.47. The van der Waals surface area contributed by atoms with Crippen LogP contribution < -0.4 is 5.73 Å². The minimum atomic E-state index is -0.705. The highest BCUT2D eigenvalue weighted by atomic mass is 19.2. The molecule has 0 aliphatic carbocycles. The third kappa shape index (κ3) is 1.52. The van der Waals surface area contributed by atoms with Crippen molar-refractivity contribution in [3.63, 3.8) is 0 Å². The number of allylic oxidation sites excluding steroid dienone is 2. The molecular weight excluding hydrogens is 181 g/mol. The summed E-state index contributed by atoms with van der Waals surface area (Å²) in [6.45, 7) is 0. The molecule has 0 spiro atoms. The number of hydrogen-bond donors (Lipinski definition) is 1. The summed E-state index contributed by atoms with van der Waals surface area (Å²) in [5.74, 6) is 0. The van der Waals surface area contributed by atoms with Gasteiger partial charge in [0.2, 0.25) is 0 Å². The number of aromatic nitrogens is 1. The lowest BCUT2D eigenvalue weighted by atomic mass is 10.1. The topological polar surface area (TPSA) is 42.1 Å². The first-order chi connectivity index (χ1) is 6.79. The van der Waals surface area contributed by atoms with Crippen LogP contribution in [-0.4, -0.2) is 16.3 Å². The predicted molar refractivity (Wildman–Crippen MR) is 52.3 cm³/mol. The Hall–Kier alpha value is -1.68. The average molecular weight is 191 g/mol. The molecule has 0 fully saturated rings. The minimum absolute atomic E-state index is 0.461. The van der Waals surface area contributed by atoms with E-state index in [1.54, 1.807) is 42.8 Å². The van der Waals surface area contributed by atoms with Crippen LogP contribution in [0.4, 0.5) is 4.48 Å². The van der Waals surface area contributed by atoms with E-state index < -0.39 is 6.17 Å². The summed E-state index contributed by atoms with van der Waals surface area (Å²) in [6.07, 6.45) is 7.55. The van der Waals surface area contributed by atoms with Crippen molar-refractivity contribution in [1.29, 1.82) is 0 Å². The summed E-state index contributed by atoms with van der Waals surface area (Å²) in [7, 11) is 0. The molecule has 1 unspecified atom stereocenters. The summed E-state index contributed by atoms with van der Waals surface area (Å²) in [4.78, 5) is 3.87. The number of nitrogens with two attached hydrogens (primary N) is 1. The van der Waals surface area contributed by atoms with Gasteiger partial charge < -0.3 is 5.73 Å². The second-order valence-electron chi connectivity index (χ2n) is 2.97. The molecule has 1 aromatic rings. The molecule has 1 atom stereocenters. The van der Waals surface area contributed by atoms with Crippen molar-refractivity contribution in [1.82, 2.24) is 10.1 Å². The quantitative estimate of drug-likeness (QED) is 0.683. The molecule has 0 amide bonds. The van der Waals surface area contributed by atoms with Crippen molar-refractivity contribution in [3.8, 4) is 0 Å². The number of pyridine rings is 1. The van der Waals surface area contributed by atoms with Gasteiger partial charge in [0.05, 0.1) is 5.70 Å². The van der Waals surface area contributed by atoms with Gasteiger partial charge in [0.15, 0.2) is 0 Å². The van der Waals surface area contributed by atoms with E-state index in [9.17, 15) is 4.48 Å². The highest BCUT2D eigenvalue weighted by molar-refractivity contribution is 5.65. The fourth-order valence-corrected chi connectivity index (χ4v) is 1.31. The van der Waals surface area contributed by atoms with Gasteiger partial charge in [0.1, 0.15) is 6.17 Å². The molecule has 1 aliphatic heterocycles. The summed E-state index contributed by atoms with van der Waals surface area (Å²) >= 11 is 0. The molecule has 1 aliphatic rings. The second kappa shape index (κ2) is 3.59. The van der Waals surface area contributed by atoms with Crippen molar-refractivity contribution in [2.45, 2.75) is 6.17 Å². The van der Waals surface area contributed by atoms with Crippen LogP contribution in [-0.2, 0) is 0 Å². The molecule has 2 heterocycles. The second-order valence-corrected chi connectivity index (χ2v) is 2.97. The Morgan fingerprint density at radius 2 is 2.07 bits per heavy atom. The summed E-state index contributed by atoms with van der Waals surface area (Å²) < 4.78 is 13.5. The van der Waals surface area contributed by atoms with Gasteiger partial charge in [-0.15, -0.1) is 0 Å². The molecule has 3 nitrogen and oxygen atoms in total. The molecule has 2 rings (SSSR count). The van der Waals surface area contributed by atoms with Crippen LogP contribution in [0.15, 0.2) is 42.8 Å². The van der Waals surface area contributed by atoms with Crippen LogP contribution in [0.2, 0.25) is 0 Å². The molecule has 0 saturated carbocycles. The summed E-state index contributed by atoms with van der Waals surface area (Å²) in [6, 6.07) is 3.48. The Morgan fingerprint density at radius 3 is 2.79 bits per heavy atom. The monoisotopic (exact) mass is 191 g/mol. The maximum atomic E-state index is 13.5. The van der Waals surface area contributed by atoms with Crippen molar-refractivity contribution in [3.05, 3.63) is 48.3 Å². The summed E-state index contributed by atoms with van der Waals surface area (Å²) in [5.41, 5.74) is 6.74. The molecule has 2 N–H and O–H groups in total. The predicted octanol–water partition coefficient (Wildman–Crippen LogP) is 1.46. The van der Waals surface area contributed by atoms with Crippen molar-refractivity contribution < 1.29 is 4.48 Å². The Balaban J connectivity index is 2.35. The lowest BCUT2D eigenvalue weighted by molar-refractivity contribution is 0.0742. The third-order valence-corrected chi connectivity index (χ3v) is 2.03. The van der Waals surface area contributed by atoms with Gasteiger partial charge >= 0.3 is 0 Å². The maximum Gasteiger partial charge on any atom is 0.128 e. The Labute approximate surface area is 81.3 Å². The molecule has 0 aromatic carbocycles. The standard InChI is InChI=1S/C10H10FN3/c11-14-9(2-1-3-10(14)12)8-4-6-13-7-5-8/h1-7,10H,12H2. The van der Waals surface area contributed by atoms with Crippen molar-refractivity contribution in [2.24, 2.45) is 5.73 Å². The van der Waals surface area contributed by atoms with E-state index in [0.717, 1.165) is 5.56 Å². The minimum Gasteiger partial charge on any atom is -0.306 e. The Bertz CT molecular complexity index is 372. The van der Waals surface area contributed by atoms with Gasteiger partial charge in [0, 0.05) is 18.0 Å². The lowest BCUT2D eigenvalue weighted by Crippen LogP contribution is -2.34. The largest absolute Gasteiger partial charge is 0.306 e. The number of halogens is 1. The van der Waals surface area contributed by atoms with Gasteiger partial charge in [0.25, 0.3) is 0 Å². The van der Waals surface area contributed by atoms with E-state index in [0.29, 0.717) is 10.8 Å². The van der Waals surface area contributed by atoms with Crippen molar-refractivity contribution >= 4 is 5.70 Å². The highest BCUT2D eigenvalue weighted by Crippen LogP contribution is 2.23. The third-order valence-electron chi connectivity index (χ3n) is 2.03. The molecule has 72 valence electrons. The molecule has 0 saturated heterocycles. The first-order valence-electron chi connectivity index (χ1n) is 4.28. The van der Waals surface area contributed by atoms with Crippen LogP contribution in [0.25, 0.3) is 5.70 Å². The maximum absolute atomic E-state index is 13.5. The molecule has 4 heteroatoms. The molecule has 1 aromatic heterocycles. The van der Waals surface area contributed by atoms with Crippen LogP contribution in [0.5, 0.6) is 0 Å². The average Bonchev–Trinajstić information content (AvgIpc) is 2.23. The van der Waals surface area contributed by atoms with Gasteiger partial charge in [-0.3, -0.25) is 4.98 Å². The normalized spacial score (nSPS) is 20.9. The molecular formula is C10H10FN3. The van der Waals surface area contributed by atoms with Gasteiger partial charge in [-0.25, -0.2) is 0 Å². The Morgan fingerprint density at radius 1 is 1.36 bits per heavy atom. The summed E-state index contributed by atoms with van der Waals surface area (Å²) in [5, 5.41) is 0.537. The molecule has 14 heavy (non-hydrogen) atoms. The number of rotatable bonds is 1. The first kappa shape index (κ1) is 8.90. The van der Waals surface area contributed by atoms with Gasteiger partial charge in [-0.1, -0.05) is 10.6 Å². The van der Waals surface area contributed by atoms with E-state index in [2.05, 4.69) is 4.98 Å². The number of nitrogens with zero attached hydrogens (tertiary/aromatic N) is 2. The van der Waals surface area contributed by atoms with Crippen LogP contribution in [0.1, 0.15) is 5.56 Å². The van der Waals surface area contributed by atoms with Crippen LogP contribution in [0.3, 0.4) is 0 Å². The van der Waals surface area contributed by atoms with E-state index in [4.69, 9.17) is 5.73 Å². The van der Waals surface area contributed by atoms with E-state index in [1.165, 1.54) is 0 Å². The van der Waals surface area contributed by atoms with Crippen LogP contribution >= 0.6 is 0 Å². The van der Waals surface area contributed by atoms with E-state index in [-0.39, 0.29) is 0 Å². The lowest BCUT2D eigenvalue weighted by Gasteiger charge is -2.24. The van der Waals surface area contributed by atoms with Crippen molar-refractivity contribution in [2.75, 3.05) is 0 Å². The van der Waals surface area contributed by atoms with Gasteiger partial charge in [-0.05, 0) is 24.3 Å². The van der Waals surface area contributed by atoms with Crippen LogP contribution in [0, 0.1) is 0 Å². The van der Waals surface area contributed by atoms with E-state index >= 15 is 0 Å². The SMILES string of the molecule is NC1C=CC=C(c2ccncc2)N1F. The Kier molecular flexibility index (Phi) is 2.28. The highest BCUT2D eigenvalue weighted by Gasteiger charge is 2.18. The smallest absolute Gasteiger partial charge is 0.128 e. The fraction of sp³-hybridized carbons (Fsp3) is 0.100. The number of hydrogen-bond acceptors (Lipinski definition) is 3. The zero-order valence-corrected chi connectivity index (χ0v) is 7.47. The first-order valence-corrected chi connectivity index (χ1v) is 4.28. The molecule has 0 bridgehead atoms. The zero-order chi connectivity index (χ0) is 9.97.